The van der Waals surface area contributed by atoms with Crippen molar-refractivity contribution in [2.45, 2.75) is 329 Å². The van der Waals surface area contributed by atoms with Gasteiger partial charge < -0.3 is 33.8 Å². The van der Waals surface area contributed by atoms with Gasteiger partial charge in [-0.1, -0.05) is 303 Å². The smallest absolute Gasteiger partial charge is 0.462 e. The van der Waals surface area contributed by atoms with Gasteiger partial charge >= 0.3 is 39.5 Å². The number of hydrogen-bond donors (Lipinski definition) is 3. The van der Waals surface area contributed by atoms with E-state index in [4.69, 9.17) is 37.0 Å². The molecule has 100 heavy (non-hydrogen) atoms. The second-order valence-corrected chi connectivity index (χ2v) is 28.5. The highest BCUT2D eigenvalue weighted by Gasteiger charge is 2.30. The van der Waals surface area contributed by atoms with Crippen LogP contribution in [0.2, 0.25) is 0 Å². The fraction of sp³-hybridized carbons (Fsp3) is 0.704. The van der Waals surface area contributed by atoms with Gasteiger partial charge in [-0.05, 0) is 103 Å². The Morgan fingerprint density at radius 1 is 0.290 bits per heavy atom. The second kappa shape index (κ2) is 72.8. The zero-order valence-corrected chi connectivity index (χ0v) is 64.4. The van der Waals surface area contributed by atoms with Crippen LogP contribution in [-0.2, 0) is 65.4 Å². The summed E-state index contributed by atoms with van der Waals surface area (Å²) in [5.41, 5.74) is 0. The highest BCUT2D eigenvalue weighted by molar-refractivity contribution is 7.47. The topological polar surface area (TPSA) is 237 Å². The average molecular weight is 1450 g/mol. The summed E-state index contributed by atoms with van der Waals surface area (Å²) in [6.45, 7) is 4.52. The third-order valence-electron chi connectivity index (χ3n) is 16.0. The van der Waals surface area contributed by atoms with Gasteiger partial charge in [0.05, 0.1) is 26.4 Å². The van der Waals surface area contributed by atoms with E-state index < -0.39 is 97.5 Å². The molecule has 0 aromatic rings. The van der Waals surface area contributed by atoms with E-state index in [1.807, 2.05) is 18.2 Å². The van der Waals surface area contributed by atoms with Gasteiger partial charge in [-0.15, -0.1) is 0 Å². The van der Waals surface area contributed by atoms with Gasteiger partial charge in [0.25, 0.3) is 0 Å². The lowest BCUT2D eigenvalue weighted by Gasteiger charge is -2.21. The van der Waals surface area contributed by atoms with E-state index in [9.17, 15) is 43.2 Å². The van der Waals surface area contributed by atoms with E-state index in [1.165, 1.54) is 103 Å². The summed E-state index contributed by atoms with van der Waals surface area (Å²) in [6, 6.07) is 0. The molecule has 0 amide bonds. The summed E-state index contributed by atoms with van der Waals surface area (Å²) in [5.74, 6) is -2.31. The summed E-state index contributed by atoms with van der Waals surface area (Å²) >= 11 is 0. The van der Waals surface area contributed by atoms with Crippen LogP contribution in [0.25, 0.3) is 0 Å². The molecule has 0 heterocycles. The normalized spacial score (nSPS) is 14.6. The average Bonchev–Trinajstić information content (AvgIpc) is 0.985. The summed E-state index contributed by atoms with van der Waals surface area (Å²) in [5, 5.41) is 10.6. The highest BCUT2D eigenvalue weighted by Crippen LogP contribution is 2.45. The minimum Gasteiger partial charge on any atom is -0.462 e. The maximum absolute atomic E-state index is 13.1. The summed E-state index contributed by atoms with van der Waals surface area (Å²) in [4.78, 5) is 72.8. The number of ether oxygens (including phenoxy) is 4. The molecule has 0 aliphatic heterocycles. The van der Waals surface area contributed by atoms with Crippen LogP contribution in [0, 0.1) is 0 Å². The van der Waals surface area contributed by atoms with Crippen molar-refractivity contribution in [3.8, 4) is 0 Å². The first-order valence-corrected chi connectivity index (χ1v) is 41.8. The van der Waals surface area contributed by atoms with E-state index >= 15 is 0 Å². The van der Waals surface area contributed by atoms with Gasteiger partial charge in [-0.25, -0.2) is 9.13 Å². The molecule has 0 saturated carbocycles. The first kappa shape index (κ1) is 95.5. The number of unbranched alkanes of at least 4 members (excludes halogenated alkanes) is 26. The van der Waals surface area contributed by atoms with Crippen LogP contribution >= 0.6 is 15.6 Å². The molecule has 0 rings (SSSR count). The van der Waals surface area contributed by atoms with Crippen LogP contribution in [0.15, 0.2) is 122 Å². The fourth-order valence-electron chi connectivity index (χ4n) is 10.1. The molecule has 5 unspecified atom stereocenters. The summed E-state index contributed by atoms with van der Waals surface area (Å²) in [7, 11) is -9.98. The molecule has 0 fully saturated rings. The molecule has 0 aliphatic rings. The molecule has 19 heteroatoms. The molecule has 3 N–H and O–H groups in total. The molecular formula is C81H138O17P2. The number of carbonyl (C=O) groups is 4. The maximum Gasteiger partial charge on any atom is 0.472 e. The van der Waals surface area contributed by atoms with E-state index in [1.54, 1.807) is 0 Å². The number of hydrogen-bond acceptors (Lipinski definition) is 15. The van der Waals surface area contributed by atoms with Crippen LogP contribution in [0.5, 0.6) is 0 Å². The second-order valence-electron chi connectivity index (χ2n) is 25.5. The number of esters is 4. The van der Waals surface area contributed by atoms with Crippen LogP contribution < -0.4 is 0 Å². The van der Waals surface area contributed by atoms with Crippen LogP contribution in [0.4, 0.5) is 0 Å². The number of rotatable bonds is 72. The first-order chi connectivity index (χ1) is 48.7. The first-order valence-electron chi connectivity index (χ1n) is 38.8. The Bertz CT molecular complexity index is 2370. The molecule has 0 aromatic heterocycles. The number of carbonyl (C=O) groups excluding carboxylic acids is 4. The third kappa shape index (κ3) is 71.8. The Morgan fingerprint density at radius 2 is 0.540 bits per heavy atom. The summed E-state index contributed by atoms with van der Waals surface area (Å²) < 4.78 is 68.4. The predicted octanol–water partition coefficient (Wildman–Crippen LogP) is 22.3. The van der Waals surface area contributed by atoms with Gasteiger partial charge in [0.2, 0.25) is 0 Å². The van der Waals surface area contributed by atoms with Crippen LogP contribution in [-0.4, -0.2) is 96.7 Å². The molecule has 574 valence electrons. The van der Waals surface area contributed by atoms with Gasteiger partial charge in [-0.2, -0.15) is 0 Å². The summed E-state index contributed by atoms with van der Waals surface area (Å²) in [6.07, 6.45) is 79.2. The van der Waals surface area contributed by atoms with Crippen molar-refractivity contribution in [1.82, 2.24) is 0 Å². The molecular weight excluding hydrogens is 1310 g/mol. The number of aliphatic hydroxyl groups is 1. The Balaban J connectivity index is 5.41. The van der Waals surface area contributed by atoms with E-state index in [0.29, 0.717) is 32.1 Å². The van der Waals surface area contributed by atoms with Gasteiger partial charge in [0.1, 0.15) is 19.3 Å². The van der Waals surface area contributed by atoms with Gasteiger partial charge in [-0.3, -0.25) is 37.3 Å². The fourth-order valence-corrected chi connectivity index (χ4v) is 11.7. The van der Waals surface area contributed by atoms with E-state index in [2.05, 4.69) is 131 Å². The van der Waals surface area contributed by atoms with Crippen molar-refractivity contribution in [2.75, 3.05) is 39.6 Å². The maximum atomic E-state index is 13.1. The van der Waals surface area contributed by atoms with Gasteiger partial charge in [0, 0.05) is 25.7 Å². The Kier molecular flexibility index (Phi) is 69.5. The SMILES string of the molecule is CC/C=C\C/C=C\C/C=C\C/C=C\C/C=C\C/C=C\CCC(=O)OCC(COP(=O)(O)OCC(O)COP(=O)(O)OCC(COC(=O)CCCC/C=C\C/C=C\C/C=C\C/C=C\CC)OC(=O)CCCCCCCCCCCCC)OC(=O)CCCCCCCCCCCCCCCCC. The third-order valence-corrected chi connectivity index (χ3v) is 17.9. The van der Waals surface area contributed by atoms with E-state index in [-0.39, 0.29) is 25.7 Å². The number of allylic oxidation sites excluding steroid dienone is 20. The highest BCUT2D eigenvalue weighted by atomic mass is 31.2. The molecule has 5 atom stereocenters. The minimum absolute atomic E-state index is 0.0358. The zero-order valence-electron chi connectivity index (χ0n) is 62.6. The van der Waals surface area contributed by atoms with Crippen molar-refractivity contribution in [3.63, 3.8) is 0 Å². The molecule has 0 bridgehead atoms. The largest absolute Gasteiger partial charge is 0.472 e. The zero-order chi connectivity index (χ0) is 73.2. The molecule has 0 saturated heterocycles. The number of aliphatic hydroxyl groups excluding tert-OH is 1. The van der Waals surface area contributed by atoms with Crippen LogP contribution in [0.3, 0.4) is 0 Å². The Labute approximate surface area is 606 Å². The molecule has 0 aromatic carbocycles. The molecule has 0 spiro atoms. The van der Waals surface area contributed by atoms with Crippen molar-refractivity contribution in [1.29, 1.82) is 0 Å². The Morgan fingerprint density at radius 3 is 0.860 bits per heavy atom. The number of phosphoric ester groups is 2. The lowest BCUT2D eigenvalue weighted by Crippen LogP contribution is -2.30. The number of phosphoric acid groups is 2. The van der Waals surface area contributed by atoms with Crippen LogP contribution in [0.1, 0.15) is 310 Å². The van der Waals surface area contributed by atoms with E-state index in [0.717, 1.165) is 122 Å². The van der Waals surface area contributed by atoms with Crippen molar-refractivity contribution in [3.05, 3.63) is 122 Å². The molecule has 17 nitrogen and oxygen atoms in total. The predicted molar refractivity (Wildman–Crippen MR) is 408 cm³/mol. The quantitative estimate of drug-likeness (QED) is 0.0169. The lowest BCUT2D eigenvalue weighted by molar-refractivity contribution is -0.161. The van der Waals surface area contributed by atoms with Crippen molar-refractivity contribution < 1.29 is 80.2 Å². The Hall–Kier alpha value is -4.54. The van der Waals surface area contributed by atoms with Crippen molar-refractivity contribution in [2.24, 2.45) is 0 Å². The van der Waals surface area contributed by atoms with Crippen molar-refractivity contribution >= 4 is 39.5 Å². The molecule has 0 aliphatic carbocycles. The van der Waals surface area contributed by atoms with Gasteiger partial charge in [0.15, 0.2) is 12.2 Å². The minimum atomic E-state index is -4.99. The molecule has 0 radical (unpaired) electrons. The monoisotopic (exact) mass is 1440 g/mol. The lowest BCUT2D eigenvalue weighted by atomic mass is 10.0. The standard InChI is InChI=1S/C81H138O17P2/c1-5-9-13-17-21-25-29-32-35-36-37-38-41-43-47-50-54-58-62-66-79(84)92-72-77(98-81(86)68-64-60-56-52-48-44-40-34-31-27-23-19-15-11-7-3)74-96-100(89,90)94-70-75(82)69-93-99(87,88)95-73-76(97-80(85)67-63-59-55-51-45-28-24-20-16-12-8-4)71-91-78(83)65-61-57-53-49-46-42-39-33-30-26-22-18-14-10-6-2/h9-10,13-14,21-22,25-26,32-33,35,37-39,43,46-47,49,54,58,75-77,82H,5-8,11-12,15-20,23-24,27-31,34,36,40-42,44-45,48,50-53,55-57,59-74H2,1-4H3,(H,87,88)(H,89,90)/b13-9-,14-10-,25-21-,26-22-,35-32-,38-37-,39-33-,47-43-,49-46-,58-54-.